The number of aromatic amines is 1. The largest absolute Gasteiger partial charge is 0.346 e. The summed E-state index contributed by atoms with van der Waals surface area (Å²) in [4.78, 5) is 8.03. The molecule has 1 aromatic rings. The normalized spacial score (nSPS) is 12.3. The molecule has 0 spiro atoms. The van der Waals surface area contributed by atoms with Crippen LogP contribution in [0.5, 0.6) is 0 Å². The molecule has 0 aliphatic carbocycles. The summed E-state index contributed by atoms with van der Waals surface area (Å²) in [6, 6.07) is 2.29. The summed E-state index contributed by atoms with van der Waals surface area (Å²) in [5, 5.41) is 9.03. The van der Waals surface area contributed by atoms with Crippen molar-refractivity contribution in [1.29, 1.82) is 5.26 Å². The van der Waals surface area contributed by atoms with Crippen molar-refractivity contribution in [1.82, 2.24) is 9.97 Å². The van der Waals surface area contributed by atoms with Crippen LogP contribution in [0.3, 0.4) is 0 Å². The SMILES string of the molecule is CCCCCCc1nc(C(C)C#N)c(CCC)[nH]1. The number of rotatable bonds is 8. The number of H-pyrrole nitrogens is 1. The van der Waals surface area contributed by atoms with Crippen molar-refractivity contribution in [3.63, 3.8) is 0 Å². The van der Waals surface area contributed by atoms with Gasteiger partial charge in [-0.15, -0.1) is 0 Å². The van der Waals surface area contributed by atoms with Crippen molar-refractivity contribution in [2.75, 3.05) is 0 Å². The Labute approximate surface area is 111 Å². The highest BCUT2D eigenvalue weighted by Gasteiger charge is 2.15. The smallest absolute Gasteiger partial charge is 0.106 e. The maximum absolute atomic E-state index is 9.03. The van der Waals surface area contributed by atoms with Crippen LogP contribution in [0.1, 0.15) is 76.0 Å². The molecule has 1 rings (SSSR count). The molecule has 0 radical (unpaired) electrons. The molecular weight excluding hydrogens is 222 g/mol. The molecule has 1 atom stereocenters. The van der Waals surface area contributed by atoms with Gasteiger partial charge in [0.1, 0.15) is 5.82 Å². The van der Waals surface area contributed by atoms with Gasteiger partial charge in [-0.3, -0.25) is 0 Å². The van der Waals surface area contributed by atoms with Crippen molar-refractivity contribution in [3.8, 4) is 6.07 Å². The lowest BCUT2D eigenvalue weighted by atomic mass is 10.1. The lowest BCUT2D eigenvalue weighted by Crippen LogP contribution is -1.96. The van der Waals surface area contributed by atoms with E-state index in [2.05, 4.69) is 29.9 Å². The van der Waals surface area contributed by atoms with Gasteiger partial charge in [0.25, 0.3) is 0 Å². The van der Waals surface area contributed by atoms with Crippen molar-refractivity contribution >= 4 is 0 Å². The van der Waals surface area contributed by atoms with Gasteiger partial charge in [0.2, 0.25) is 0 Å². The number of unbranched alkanes of at least 4 members (excludes halogenated alkanes) is 3. The van der Waals surface area contributed by atoms with Crippen LogP contribution in [-0.2, 0) is 12.8 Å². The predicted molar refractivity (Wildman–Crippen MR) is 74.5 cm³/mol. The van der Waals surface area contributed by atoms with E-state index in [4.69, 9.17) is 5.26 Å². The van der Waals surface area contributed by atoms with Crippen LogP contribution < -0.4 is 0 Å². The van der Waals surface area contributed by atoms with Gasteiger partial charge < -0.3 is 4.98 Å². The average Bonchev–Trinajstić information content (AvgIpc) is 2.77. The van der Waals surface area contributed by atoms with E-state index in [1.54, 1.807) is 0 Å². The first-order valence-corrected chi connectivity index (χ1v) is 7.20. The minimum Gasteiger partial charge on any atom is -0.346 e. The van der Waals surface area contributed by atoms with Crippen molar-refractivity contribution in [2.24, 2.45) is 0 Å². The second-order valence-electron chi connectivity index (χ2n) is 4.96. The Morgan fingerprint density at radius 3 is 2.56 bits per heavy atom. The third kappa shape index (κ3) is 4.18. The molecule has 1 unspecified atom stereocenters. The minimum atomic E-state index is -0.104. The summed E-state index contributed by atoms with van der Waals surface area (Å²) < 4.78 is 0. The zero-order valence-corrected chi connectivity index (χ0v) is 11.9. The second-order valence-corrected chi connectivity index (χ2v) is 4.96. The highest BCUT2D eigenvalue weighted by atomic mass is 14.9. The van der Waals surface area contributed by atoms with Crippen molar-refractivity contribution in [3.05, 3.63) is 17.2 Å². The van der Waals surface area contributed by atoms with Gasteiger partial charge in [-0.1, -0.05) is 39.5 Å². The van der Waals surface area contributed by atoms with Crippen LogP contribution in [0.4, 0.5) is 0 Å². The molecule has 3 nitrogen and oxygen atoms in total. The van der Waals surface area contributed by atoms with Crippen LogP contribution in [-0.4, -0.2) is 9.97 Å². The lowest BCUT2D eigenvalue weighted by Gasteiger charge is -2.01. The molecule has 0 aliphatic rings. The summed E-state index contributed by atoms with van der Waals surface area (Å²) >= 11 is 0. The summed E-state index contributed by atoms with van der Waals surface area (Å²) in [6.45, 7) is 6.30. The van der Waals surface area contributed by atoms with Gasteiger partial charge >= 0.3 is 0 Å². The summed E-state index contributed by atoms with van der Waals surface area (Å²) in [7, 11) is 0. The van der Waals surface area contributed by atoms with Gasteiger partial charge in [0.05, 0.1) is 17.7 Å². The molecule has 0 saturated carbocycles. The third-order valence-corrected chi connectivity index (χ3v) is 3.23. The minimum absolute atomic E-state index is 0.104. The van der Waals surface area contributed by atoms with Crippen molar-refractivity contribution in [2.45, 2.75) is 71.6 Å². The first kappa shape index (κ1) is 14.8. The van der Waals surface area contributed by atoms with Crippen LogP contribution in [0.25, 0.3) is 0 Å². The quantitative estimate of drug-likeness (QED) is 0.703. The van der Waals surface area contributed by atoms with E-state index in [0.29, 0.717) is 0 Å². The molecule has 3 heteroatoms. The number of hydrogen-bond acceptors (Lipinski definition) is 2. The Balaban J connectivity index is 2.67. The van der Waals surface area contributed by atoms with Crippen molar-refractivity contribution < 1.29 is 0 Å². The van der Waals surface area contributed by atoms with Crippen LogP contribution in [0.2, 0.25) is 0 Å². The Bertz CT molecular complexity index is 387. The Morgan fingerprint density at radius 2 is 1.94 bits per heavy atom. The van der Waals surface area contributed by atoms with E-state index in [1.807, 2.05) is 6.92 Å². The molecule has 0 bridgehead atoms. The molecule has 0 saturated heterocycles. The topological polar surface area (TPSA) is 52.5 Å². The zero-order valence-electron chi connectivity index (χ0n) is 11.9. The Morgan fingerprint density at radius 1 is 1.17 bits per heavy atom. The fraction of sp³-hybridized carbons (Fsp3) is 0.733. The molecule has 0 fully saturated rings. The molecule has 0 aromatic carbocycles. The standard InChI is InChI=1S/C15H25N3/c1-4-6-7-8-10-14-17-13(9-5-2)15(18-14)12(3)11-16/h12H,4-10H2,1-3H3,(H,17,18). The second kappa shape index (κ2) is 7.92. The average molecular weight is 247 g/mol. The van der Waals surface area contributed by atoms with Gasteiger partial charge in [0, 0.05) is 12.1 Å². The fourth-order valence-electron chi connectivity index (χ4n) is 2.18. The van der Waals surface area contributed by atoms with Gasteiger partial charge in [-0.2, -0.15) is 5.26 Å². The zero-order chi connectivity index (χ0) is 13.4. The molecule has 1 aromatic heterocycles. The molecule has 18 heavy (non-hydrogen) atoms. The maximum Gasteiger partial charge on any atom is 0.106 e. The summed E-state index contributed by atoms with van der Waals surface area (Å²) in [5.74, 6) is 0.957. The number of nitrogens with one attached hydrogen (secondary N) is 1. The summed E-state index contributed by atoms with van der Waals surface area (Å²) in [5.41, 5.74) is 2.13. The number of aryl methyl sites for hydroxylation is 2. The number of nitrogens with zero attached hydrogens (tertiary/aromatic N) is 2. The van der Waals surface area contributed by atoms with E-state index in [1.165, 1.54) is 25.7 Å². The Kier molecular flexibility index (Phi) is 6.49. The summed E-state index contributed by atoms with van der Waals surface area (Å²) in [6.07, 6.45) is 8.09. The van der Waals surface area contributed by atoms with Gasteiger partial charge in [-0.05, 0) is 19.8 Å². The van der Waals surface area contributed by atoms with E-state index in [0.717, 1.165) is 36.5 Å². The lowest BCUT2D eigenvalue weighted by molar-refractivity contribution is 0.654. The third-order valence-electron chi connectivity index (χ3n) is 3.23. The fourth-order valence-corrected chi connectivity index (χ4v) is 2.18. The van der Waals surface area contributed by atoms with Crippen LogP contribution in [0, 0.1) is 11.3 Å². The highest BCUT2D eigenvalue weighted by molar-refractivity contribution is 5.23. The predicted octanol–water partition coefficient (Wildman–Crippen LogP) is 4.11. The number of nitriles is 1. The Hall–Kier alpha value is -1.30. The number of aromatic nitrogens is 2. The van der Waals surface area contributed by atoms with E-state index >= 15 is 0 Å². The van der Waals surface area contributed by atoms with Crippen LogP contribution >= 0.6 is 0 Å². The van der Waals surface area contributed by atoms with E-state index in [9.17, 15) is 0 Å². The highest BCUT2D eigenvalue weighted by Crippen LogP contribution is 2.19. The van der Waals surface area contributed by atoms with E-state index < -0.39 is 0 Å². The first-order valence-electron chi connectivity index (χ1n) is 7.20. The van der Waals surface area contributed by atoms with E-state index in [-0.39, 0.29) is 5.92 Å². The monoisotopic (exact) mass is 247 g/mol. The number of imidazole rings is 1. The molecule has 100 valence electrons. The van der Waals surface area contributed by atoms with Crippen LogP contribution in [0.15, 0.2) is 0 Å². The van der Waals surface area contributed by atoms with Gasteiger partial charge in [-0.25, -0.2) is 4.98 Å². The first-order chi connectivity index (χ1) is 8.72. The number of hydrogen-bond donors (Lipinski definition) is 1. The molecule has 0 aliphatic heterocycles. The molecule has 0 amide bonds. The molecule has 1 heterocycles. The molecule has 1 N–H and O–H groups in total. The maximum atomic E-state index is 9.03. The van der Waals surface area contributed by atoms with Gasteiger partial charge in [0.15, 0.2) is 0 Å². The molecular formula is C15H25N3.